The molecule has 8 heteroatoms. The van der Waals surface area contributed by atoms with Gasteiger partial charge in [-0.1, -0.05) is 0 Å². The monoisotopic (exact) mass is 224 g/mol. The first-order valence-corrected chi connectivity index (χ1v) is 4.36. The molecule has 0 unspecified atom stereocenters. The second-order valence-corrected chi connectivity index (χ2v) is 3.38. The van der Waals surface area contributed by atoms with Gasteiger partial charge >= 0.3 is 11.2 Å². The van der Waals surface area contributed by atoms with Crippen LogP contribution >= 0.6 is 0 Å². The molecule has 0 saturated carbocycles. The van der Waals surface area contributed by atoms with Crippen LogP contribution in [-0.2, 0) is 0 Å². The summed E-state index contributed by atoms with van der Waals surface area (Å²) in [6.07, 6.45) is 0. The molecule has 16 heavy (non-hydrogen) atoms. The summed E-state index contributed by atoms with van der Waals surface area (Å²) in [5, 5.41) is 25.4. The van der Waals surface area contributed by atoms with Crippen LogP contribution in [0.2, 0.25) is 0 Å². The number of anilines is 1. The van der Waals surface area contributed by atoms with Crippen molar-refractivity contribution in [3.05, 3.63) is 27.5 Å². The van der Waals surface area contributed by atoms with Gasteiger partial charge < -0.3 is 10.1 Å². The average molecular weight is 224 g/mol. The number of nitro benzene ring substituents is 1. The predicted octanol–water partition coefficient (Wildman–Crippen LogP) is 0.435. The van der Waals surface area contributed by atoms with Gasteiger partial charge in [-0.15, -0.1) is 0 Å². The van der Waals surface area contributed by atoms with Crippen LogP contribution in [0.15, 0.2) is 16.8 Å². The van der Waals surface area contributed by atoms with Gasteiger partial charge in [0, 0.05) is 20.2 Å². The van der Waals surface area contributed by atoms with Crippen LogP contribution in [0.25, 0.3) is 11.0 Å². The molecule has 84 valence electrons. The predicted molar refractivity (Wildman–Crippen MR) is 54.0 cm³/mol. The molecule has 0 atom stereocenters. The largest absolute Gasteiger partial charge is 0.374 e. The average Bonchev–Trinajstić information content (AvgIpc) is 2.59. The third kappa shape index (κ3) is 1.31. The Morgan fingerprint density at radius 3 is 2.75 bits per heavy atom. The molecule has 0 aliphatic heterocycles. The summed E-state index contributed by atoms with van der Waals surface area (Å²) in [6, 6.07) is 2.77. The van der Waals surface area contributed by atoms with Crippen LogP contribution in [0.5, 0.6) is 0 Å². The van der Waals surface area contributed by atoms with E-state index in [1.807, 2.05) is 0 Å². The lowest BCUT2D eigenvalue weighted by molar-refractivity contribution is -0.782. The van der Waals surface area contributed by atoms with Crippen molar-refractivity contribution in [1.82, 2.24) is 5.16 Å². The first kappa shape index (κ1) is 10.1. The Balaban J connectivity index is 2.84. The van der Waals surface area contributed by atoms with Crippen LogP contribution in [0.3, 0.4) is 0 Å². The van der Waals surface area contributed by atoms with Crippen molar-refractivity contribution in [2.75, 3.05) is 19.0 Å². The van der Waals surface area contributed by atoms with E-state index in [0.29, 0.717) is 5.69 Å². The standard InChI is InChI=1S/C8H8N4O4/c1-10(2)6-4-3-5(11(13)14)7-8(6)12(15)16-9-7/h3-4H,1-2H3. The van der Waals surface area contributed by atoms with E-state index in [9.17, 15) is 15.3 Å². The molecule has 0 fully saturated rings. The van der Waals surface area contributed by atoms with E-state index < -0.39 is 4.92 Å². The molecule has 0 spiro atoms. The van der Waals surface area contributed by atoms with E-state index in [-0.39, 0.29) is 21.6 Å². The number of hydrogen-bond acceptors (Lipinski definition) is 6. The summed E-state index contributed by atoms with van der Waals surface area (Å²) in [5.74, 6) is 0. The number of benzene rings is 1. The molecule has 2 rings (SSSR count). The fraction of sp³-hybridized carbons (Fsp3) is 0.250. The minimum atomic E-state index is -0.607. The molecule has 0 saturated heterocycles. The maximum Gasteiger partial charge on any atom is 0.327 e. The highest BCUT2D eigenvalue weighted by atomic mass is 16.8. The Bertz CT molecular complexity index is 562. The second kappa shape index (κ2) is 3.33. The van der Waals surface area contributed by atoms with Crippen LogP contribution in [0, 0.1) is 15.3 Å². The lowest BCUT2D eigenvalue weighted by atomic mass is 10.2. The van der Waals surface area contributed by atoms with Gasteiger partial charge in [-0.2, -0.15) is 0 Å². The lowest BCUT2D eigenvalue weighted by Gasteiger charge is -2.10. The van der Waals surface area contributed by atoms with Crippen LogP contribution in [-0.4, -0.2) is 24.2 Å². The van der Waals surface area contributed by atoms with E-state index >= 15 is 0 Å². The molecule has 2 aromatic rings. The lowest BCUT2D eigenvalue weighted by Crippen LogP contribution is -2.25. The number of hydrogen-bond donors (Lipinski definition) is 0. The van der Waals surface area contributed by atoms with Gasteiger partial charge in [-0.25, -0.2) is 0 Å². The van der Waals surface area contributed by atoms with E-state index in [1.165, 1.54) is 12.1 Å². The molecule has 8 nitrogen and oxygen atoms in total. The van der Waals surface area contributed by atoms with Gasteiger partial charge in [0.05, 0.1) is 15.8 Å². The first-order chi connectivity index (χ1) is 7.52. The Morgan fingerprint density at radius 2 is 2.19 bits per heavy atom. The van der Waals surface area contributed by atoms with Crippen molar-refractivity contribution < 1.29 is 14.5 Å². The fourth-order valence-electron chi connectivity index (χ4n) is 1.46. The molecule has 0 bridgehead atoms. The first-order valence-electron chi connectivity index (χ1n) is 4.36. The zero-order valence-corrected chi connectivity index (χ0v) is 8.58. The van der Waals surface area contributed by atoms with Gasteiger partial charge in [0.25, 0.3) is 5.52 Å². The molecule has 1 aromatic carbocycles. The SMILES string of the molecule is CN(C)c1ccc([N+](=O)[O-])c2no[n+]([O-])c12. The molecule has 1 aromatic heterocycles. The third-order valence-electron chi connectivity index (χ3n) is 2.18. The van der Waals surface area contributed by atoms with Crippen LogP contribution in [0.4, 0.5) is 11.4 Å². The van der Waals surface area contributed by atoms with Crippen molar-refractivity contribution in [3.63, 3.8) is 0 Å². The number of fused-ring (bicyclic) bond motifs is 1. The minimum Gasteiger partial charge on any atom is -0.374 e. The summed E-state index contributed by atoms with van der Waals surface area (Å²) in [7, 11) is 3.43. The highest BCUT2D eigenvalue weighted by Crippen LogP contribution is 2.28. The molecule has 0 N–H and O–H groups in total. The van der Waals surface area contributed by atoms with Crippen molar-refractivity contribution >= 4 is 22.4 Å². The topological polar surface area (TPSA) is 99.3 Å². The smallest absolute Gasteiger partial charge is 0.327 e. The zero-order valence-electron chi connectivity index (χ0n) is 8.58. The Morgan fingerprint density at radius 1 is 1.50 bits per heavy atom. The van der Waals surface area contributed by atoms with Crippen molar-refractivity contribution in [2.24, 2.45) is 0 Å². The van der Waals surface area contributed by atoms with Crippen molar-refractivity contribution in [1.29, 1.82) is 0 Å². The van der Waals surface area contributed by atoms with Crippen LogP contribution in [0.1, 0.15) is 0 Å². The molecule has 0 amide bonds. The summed E-state index contributed by atoms with van der Waals surface area (Å²) in [5.41, 5.74) is 0.265. The maximum absolute atomic E-state index is 11.3. The molecule has 0 aliphatic rings. The summed E-state index contributed by atoms with van der Waals surface area (Å²) >= 11 is 0. The highest BCUT2D eigenvalue weighted by Gasteiger charge is 2.26. The van der Waals surface area contributed by atoms with Gasteiger partial charge in [-0.3, -0.25) is 14.7 Å². The summed E-state index contributed by atoms with van der Waals surface area (Å²) in [6.45, 7) is 0. The highest BCUT2D eigenvalue weighted by molar-refractivity contribution is 5.91. The number of non-ortho nitro benzene ring substituents is 1. The van der Waals surface area contributed by atoms with E-state index in [4.69, 9.17) is 0 Å². The Hall–Kier alpha value is -2.38. The van der Waals surface area contributed by atoms with E-state index in [2.05, 4.69) is 9.79 Å². The number of nitrogens with zero attached hydrogens (tertiary/aromatic N) is 4. The number of rotatable bonds is 2. The summed E-state index contributed by atoms with van der Waals surface area (Å²) < 4.78 is 4.38. The molecular weight excluding hydrogens is 216 g/mol. The normalized spacial score (nSPS) is 10.6. The van der Waals surface area contributed by atoms with Gasteiger partial charge in [-0.05, 0) is 11.0 Å². The number of aromatic nitrogens is 2. The van der Waals surface area contributed by atoms with Crippen molar-refractivity contribution in [2.45, 2.75) is 0 Å². The third-order valence-corrected chi connectivity index (χ3v) is 2.18. The van der Waals surface area contributed by atoms with Gasteiger partial charge in [0.1, 0.15) is 0 Å². The van der Waals surface area contributed by atoms with Crippen LogP contribution < -0.4 is 9.80 Å². The second-order valence-electron chi connectivity index (χ2n) is 3.38. The number of nitro groups is 1. The molecular formula is C8H8N4O4. The Kier molecular flexibility index (Phi) is 2.11. The maximum atomic E-state index is 11.3. The van der Waals surface area contributed by atoms with Gasteiger partial charge in [0.15, 0.2) is 0 Å². The molecule has 0 aliphatic carbocycles. The van der Waals surface area contributed by atoms with Gasteiger partial charge in [0.2, 0.25) is 0 Å². The minimum absolute atomic E-state index is 0.0498. The van der Waals surface area contributed by atoms with E-state index in [1.54, 1.807) is 19.0 Å². The fourth-order valence-corrected chi connectivity index (χ4v) is 1.46. The van der Waals surface area contributed by atoms with E-state index in [0.717, 1.165) is 0 Å². The van der Waals surface area contributed by atoms with Crippen molar-refractivity contribution in [3.8, 4) is 0 Å². The summed E-state index contributed by atoms with van der Waals surface area (Å²) in [4.78, 5) is 11.9. The Labute approximate surface area is 89.4 Å². The zero-order chi connectivity index (χ0) is 11.9. The molecule has 1 heterocycles. The molecule has 0 radical (unpaired) electrons. The quantitative estimate of drug-likeness (QED) is 0.416.